The van der Waals surface area contributed by atoms with Crippen LogP contribution in [0.1, 0.15) is 36.1 Å². The molecule has 2 aromatic carbocycles. The standard InChI is InChI=1S/C17H20BrN/c1-3-12-19-17(14-6-4-13(2)5-7-14)15-8-10-16(18)11-9-15/h4-11,17,19H,3,12H2,1-2H3. The van der Waals surface area contributed by atoms with Crippen molar-refractivity contribution in [3.63, 3.8) is 0 Å². The van der Waals surface area contributed by atoms with Gasteiger partial charge in [-0.15, -0.1) is 0 Å². The smallest absolute Gasteiger partial charge is 0.0576 e. The molecule has 0 fully saturated rings. The lowest BCUT2D eigenvalue weighted by Gasteiger charge is -2.20. The van der Waals surface area contributed by atoms with Gasteiger partial charge in [0.15, 0.2) is 0 Å². The van der Waals surface area contributed by atoms with E-state index in [2.05, 4.69) is 83.6 Å². The Balaban J connectivity index is 2.29. The van der Waals surface area contributed by atoms with E-state index in [-0.39, 0.29) is 6.04 Å². The molecule has 100 valence electrons. The molecule has 0 saturated heterocycles. The summed E-state index contributed by atoms with van der Waals surface area (Å²) in [4.78, 5) is 0. The van der Waals surface area contributed by atoms with Crippen LogP contribution < -0.4 is 5.32 Å². The lowest BCUT2D eigenvalue weighted by Crippen LogP contribution is -2.23. The van der Waals surface area contributed by atoms with Gasteiger partial charge >= 0.3 is 0 Å². The van der Waals surface area contributed by atoms with Crippen LogP contribution in [0.5, 0.6) is 0 Å². The highest BCUT2D eigenvalue weighted by Gasteiger charge is 2.12. The summed E-state index contributed by atoms with van der Waals surface area (Å²) < 4.78 is 1.12. The van der Waals surface area contributed by atoms with Crippen molar-refractivity contribution in [2.24, 2.45) is 0 Å². The Bertz CT molecular complexity index is 456. The minimum atomic E-state index is 0.272. The van der Waals surface area contributed by atoms with E-state index in [4.69, 9.17) is 0 Å². The number of hydrogen-bond donors (Lipinski definition) is 1. The number of halogens is 1. The van der Waals surface area contributed by atoms with Crippen LogP contribution in [-0.2, 0) is 0 Å². The van der Waals surface area contributed by atoms with Crippen LogP contribution in [0.2, 0.25) is 0 Å². The first kappa shape index (κ1) is 14.3. The van der Waals surface area contributed by atoms with E-state index in [9.17, 15) is 0 Å². The van der Waals surface area contributed by atoms with Crippen LogP contribution in [0.15, 0.2) is 53.0 Å². The summed E-state index contributed by atoms with van der Waals surface area (Å²) in [6.07, 6.45) is 1.14. The molecule has 0 radical (unpaired) electrons. The molecule has 0 aliphatic rings. The van der Waals surface area contributed by atoms with Gasteiger partial charge in [0.25, 0.3) is 0 Å². The molecule has 0 spiro atoms. The summed E-state index contributed by atoms with van der Waals surface area (Å²) in [5.41, 5.74) is 3.93. The van der Waals surface area contributed by atoms with Crippen LogP contribution in [0, 0.1) is 6.92 Å². The van der Waals surface area contributed by atoms with Gasteiger partial charge in [0, 0.05) is 4.47 Å². The van der Waals surface area contributed by atoms with Gasteiger partial charge in [0.2, 0.25) is 0 Å². The highest BCUT2D eigenvalue weighted by Crippen LogP contribution is 2.24. The van der Waals surface area contributed by atoms with Crippen LogP contribution >= 0.6 is 15.9 Å². The summed E-state index contributed by atoms with van der Waals surface area (Å²) in [6.45, 7) is 5.34. The van der Waals surface area contributed by atoms with Crippen LogP contribution in [0.3, 0.4) is 0 Å². The summed E-state index contributed by atoms with van der Waals surface area (Å²) in [5, 5.41) is 3.63. The van der Waals surface area contributed by atoms with E-state index < -0.39 is 0 Å². The van der Waals surface area contributed by atoms with Crippen molar-refractivity contribution in [3.05, 3.63) is 69.7 Å². The van der Waals surface area contributed by atoms with Crippen molar-refractivity contribution >= 4 is 15.9 Å². The number of hydrogen-bond acceptors (Lipinski definition) is 1. The van der Waals surface area contributed by atoms with Crippen molar-refractivity contribution in [2.75, 3.05) is 6.54 Å². The zero-order valence-corrected chi connectivity index (χ0v) is 13.1. The summed E-state index contributed by atoms with van der Waals surface area (Å²) in [5.74, 6) is 0. The van der Waals surface area contributed by atoms with Gasteiger partial charge in [0.05, 0.1) is 6.04 Å². The molecule has 0 amide bonds. The molecule has 19 heavy (non-hydrogen) atoms. The second-order valence-electron chi connectivity index (χ2n) is 4.85. The third-order valence-corrected chi connectivity index (χ3v) is 3.74. The van der Waals surface area contributed by atoms with Crippen LogP contribution in [-0.4, -0.2) is 6.54 Å². The SMILES string of the molecule is CCCNC(c1ccc(C)cc1)c1ccc(Br)cc1. The van der Waals surface area contributed by atoms with Crippen molar-refractivity contribution < 1.29 is 0 Å². The number of benzene rings is 2. The van der Waals surface area contributed by atoms with E-state index in [0.29, 0.717) is 0 Å². The molecule has 0 bridgehead atoms. The van der Waals surface area contributed by atoms with Gasteiger partial charge in [-0.05, 0) is 43.1 Å². The lowest BCUT2D eigenvalue weighted by molar-refractivity contribution is 0.598. The maximum atomic E-state index is 3.63. The normalized spacial score (nSPS) is 12.4. The lowest BCUT2D eigenvalue weighted by atomic mass is 9.98. The minimum Gasteiger partial charge on any atom is -0.306 e. The van der Waals surface area contributed by atoms with Gasteiger partial charge in [-0.25, -0.2) is 0 Å². The van der Waals surface area contributed by atoms with Gasteiger partial charge in [-0.3, -0.25) is 0 Å². The maximum absolute atomic E-state index is 3.63. The van der Waals surface area contributed by atoms with E-state index in [1.54, 1.807) is 0 Å². The summed E-state index contributed by atoms with van der Waals surface area (Å²) >= 11 is 3.49. The molecule has 0 aliphatic carbocycles. The van der Waals surface area contributed by atoms with Gasteiger partial charge in [-0.2, -0.15) is 0 Å². The molecular weight excluding hydrogens is 298 g/mol. The first-order valence-corrected chi connectivity index (χ1v) is 7.55. The molecule has 1 nitrogen and oxygen atoms in total. The quantitative estimate of drug-likeness (QED) is 0.831. The van der Waals surface area contributed by atoms with Crippen molar-refractivity contribution in [2.45, 2.75) is 26.3 Å². The zero-order valence-electron chi connectivity index (χ0n) is 11.5. The first-order chi connectivity index (χ1) is 9.20. The van der Waals surface area contributed by atoms with E-state index in [1.807, 2.05) is 0 Å². The van der Waals surface area contributed by atoms with E-state index >= 15 is 0 Å². The topological polar surface area (TPSA) is 12.0 Å². The first-order valence-electron chi connectivity index (χ1n) is 6.76. The Morgan fingerprint density at radius 3 is 2.00 bits per heavy atom. The number of rotatable bonds is 5. The molecule has 0 saturated carbocycles. The number of nitrogens with one attached hydrogen (secondary N) is 1. The van der Waals surface area contributed by atoms with Crippen molar-refractivity contribution in [3.8, 4) is 0 Å². The zero-order chi connectivity index (χ0) is 13.7. The Morgan fingerprint density at radius 2 is 1.47 bits per heavy atom. The molecule has 2 rings (SSSR count). The Kier molecular flexibility index (Phi) is 5.17. The van der Waals surface area contributed by atoms with E-state index in [0.717, 1.165) is 17.4 Å². The Hall–Kier alpha value is -1.12. The maximum Gasteiger partial charge on any atom is 0.0576 e. The monoisotopic (exact) mass is 317 g/mol. The van der Waals surface area contributed by atoms with Gasteiger partial charge in [0.1, 0.15) is 0 Å². The van der Waals surface area contributed by atoms with Crippen LogP contribution in [0.4, 0.5) is 0 Å². The molecule has 1 atom stereocenters. The average Bonchev–Trinajstić information content (AvgIpc) is 2.43. The molecule has 2 heteroatoms. The highest BCUT2D eigenvalue weighted by atomic mass is 79.9. The summed E-state index contributed by atoms with van der Waals surface area (Å²) in [6, 6.07) is 17.6. The van der Waals surface area contributed by atoms with Gasteiger partial charge in [-0.1, -0.05) is 64.8 Å². The molecular formula is C17H20BrN. The van der Waals surface area contributed by atoms with Crippen molar-refractivity contribution in [1.82, 2.24) is 5.32 Å². The third kappa shape index (κ3) is 3.92. The van der Waals surface area contributed by atoms with E-state index in [1.165, 1.54) is 16.7 Å². The minimum absolute atomic E-state index is 0.272. The molecule has 1 N–H and O–H groups in total. The molecule has 0 aliphatic heterocycles. The van der Waals surface area contributed by atoms with Crippen molar-refractivity contribution in [1.29, 1.82) is 0 Å². The van der Waals surface area contributed by atoms with Gasteiger partial charge < -0.3 is 5.32 Å². The fourth-order valence-electron chi connectivity index (χ4n) is 2.13. The Labute approximate surface area is 124 Å². The molecule has 1 unspecified atom stereocenters. The Morgan fingerprint density at radius 1 is 0.947 bits per heavy atom. The molecule has 0 heterocycles. The highest BCUT2D eigenvalue weighted by molar-refractivity contribution is 9.10. The average molecular weight is 318 g/mol. The predicted octanol–water partition coefficient (Wildman–Crippen LogP) is 4.85. The second kappa shape index (κ2) is 6.88. The van der Waals surface area contributed by atoms with Crippen LogP contribution in [0.25, 0.3) is 0 Å². The predicted molar refractivity (Wildman–Crippen MR) is 85.5 cm³/mol. The largest absolute Gasteiger partial charge is 0.306 e. The third-order valence-electron chi connectivity index (χ3n) is 3.21. The molecule has 0 aromatic heterocycles. The fourth-order valence-corrected chi connectivity index (χ4v) is 2.40. The number of aryl methyl sites for hydroxylation is 1. The fraction of sp³-hybridized carbons (Fsp3) is 0.294. The summed E-state index contributed by atoms with van der Waals surface area (Å²) in [7, 11) is 0. The second-order valence-corrected chi connectivity index (χ2v) is 5.77. The molecule has 2 aromatic rings.